The number of nitrogens with two attached hydrogens (primary N) is 1. The van der Waals surface area contributed by atoms with Gasteiger partial charge in [0.1, 0.15) is 5.69 Å². The Hall–Kier alpha value is -1.33. The summed E-state index contributed by atoms with van der Waals surface area (Å²) in [6.07, 6.45) is 1.47. The maximum absolute atomic E-state index is 12.4. The lowest BCUT2D eigenvalue weighted by Gasteiger charge is -2.06. The van der Waals surface area contributed by atoms with Crippen LogP contribution in [0.25, 0.3) is 0 Å². The molecular weight excluding hydrogens is 318 g/mol. The van der Waals surface area contributed by atoms with Crippen molar-refractivity contribution in [2.24, 2.45) is 0 Å². The van der Waals surface area contributed by atoms with Crippen molar-refractivity contribution in [3.8, 4) is 0 Å². The molecule has 0 bridgehead atoms. The van der Waals surface area contributed by atoms with Crippen molar-refractivity contribution in [2.75, 3.05) is 5.73 Å². The average Bonchev–Trinajstić information content (AvgIpc) is 2.68. The second-order valence-corrected chi connectivity index (χ2v) is 5.08. The molecule has 0 amide bonds. The third-order valence-corrected chi connectivity index (χ3v) is 3.23. The maximum Gasteiger partial charge on any atom is 0.212 e. The van der Waals surface area contributed by atoms with Crippen molar-refractivity contribution in [1.29, 1.82) is 0 Å². The van der Waals surface area contributed by atoms with Crippen LogP contribution in [0.3, 0.4) is 0 Å². The number of halogens is 2. The van der Waals surface area contributed by atoms with Crippen LogP contribution in [-0.2, 0) is 6.54 Å². The molecule has 4 nitrogen and oxygen atoms in total. The quantitative estimate of drug-likeness (QED) is 0.695. The number of benzene rings is 1. The smallest absolute Gasteiger partial charge is 0.212 e. The molecular formula is C12H11BrClN3O. The summed E-state index contributed by atoms with van der Waals surface area (Å²) in [4.78, 5) is 12.4. The minimum atomic E-state index is -0.188. The van der Waals surface area contributed by atoms with Gasteiger partial charge in [0.05, 0.1) is 11.2 Å². The zero-order valence-corrected chi connectivity index (χ0v) is 12.0. The topological polar surface area (TPSA) is 60.9 Å². The van der Waals surface area contributed by atoms with Crippen LogP contribution in [0.1, 0.15) is 23.0 Å². The first-order valence-electron chi connectivity index (χ1n) is 5.35. The second kappa shape index (κ2) is 5.12. The summed E-state index contributed by atoms with van der Waals surface area (Å²) in [5.74, 6) is -0.188. The highest BCUT2D eigenvalue weighted by Crippen LogP contribution is 2.23. The number of carbonyl (C=O) groups excluding carboxylic acids is 1. The molecule has 0 aliphatic carbocycles. The van der Waals surface area contributed by atoms with E-state index in [1.807, 2.05) is 6.92 Å². The average molecular weight is 329 g/mol. The normalized spacial score (nSPS) is 10.6. The van der Waals surface area contributed by atoms with E-state index in [0.717, 1.165) is 4.47 Å². The van der Waals surface area contributed by atoms with E-state index in [-0.39, 0.29) is 5.78 Å². The van der Waals surface area contributed by atoms with E-state index in [9.17, 15) is 4.79 Å². The van der Waals surface area contributed by atoms with Gasteiger partial charge in [-0.1, -0.05) is 27.5 Å². The fraction of sp³-hybridized carbons (Fsp3) is 0.167. The predicted molar refractivity (Wildman–Crippen MR) is 74.9 cm³/mol. The molecule has 1 heterocycles. The molecule has 0 fully saturated rings. The Morgan fingerprint density at radius 2 is 2.22 bits per heavy atom. The Morgan fingerprint density at radius 1 is 1.50 bits per heavy atom. The number of aryl methyl sites for hydroxylation is 1. The molecule has 1 aromatic carbocycles. The van der Waals surface area contributed by atoms with Crippen LogP contribution in [0.5, 0.6) is 0 Å². The number of hydrogen-bond donors (Lipinski definition) is 1. The van der Waals surface area contributed by atoms with E-state index in [4.69, 9.17) is 17.3 Å². The Labute approximate surface area is 118 Å². The Kier molecular flexibility index (Phi) is 3.73. The number of anilines is 1. The number of nitrogen functional groups attached to an aromatic ring is 1. The number of ketones is 1. The number of hydrogen-bond acceptors (Lipinski definition) is 3. The summed E-state index contributed by atoms with van der Waals surface area (Å²) in [6, 6.07) is 5.06. The van der Waals surface area contributed by atoms with Gasteiger partial charge in [-0.25, -0.2) is 0 Å². The fourth-order valence-electron chi connectivity index (χ4n) is 1.71. The van der Waals surface area contributed by atoms with Crippen molar-refractivity contribution < 1.29 is 4.79 Å². The van der Waals surface area contributed by atoms with Crippen molar-refractivity contribution in [2.45, 2.75) is 13.5 Å². The summed E-state index contributed by atoms with van der Waals surface area (Å²) in [7, 11) is 0. The Balaban J connectivity index is 2.50. The Bertz CT molecular complexity index is 589. The molecule has 6 heteroatoms. The monoisotopic (exact) mass is 327 g/mol. The molecule has 1 aromatic heterocycles. The summed E-state index contributed by atoms with van der Waals surface area (Å²) < 4.78 is 2.33. The van der Waals surface area contributed by atoms with E-state index in [1.165, 1.54) is 6.20 Å². The first-order valence-corrected chi connectivity index (χ1v) is 6.52. The number of aromatic nitrogens is 2. The minimum Gasteiger partial charge on any atom is -0.399 e. The largest absolute Gasteiger partial charge is 0.399 e. The highest BCUT2D eigenvalue weighted by molar-refractivity contribution is 9.10. The van der Waals surface area contributed by atoms with Gasteiger partial charge in [0.15, 0.2) is 0 Å². The molecule has 2 rings (SSSR count). The summed E-state index contributed by atoms with van der Waals surface area (Å²) in [5, 5.41) is 4.39. The molecule has 2 N–H and O–H groups in total. The lowest BCUT2D eigenvalue weighted by atomic mass is 10.1. The van der Waals surface area contributed by atoms with Gasteiger partial charge in [-0.05, 0) is 25.1 Å². The van der Waals surface area contributed by atoms with Crippen molar-refractivity contribution in [3.05, 3.63) is 45.1 Å². The third-order valence-electron chi connectivity index (χ3n) is 2.49. The molecule has 0 unspecified atom stereocenters. The number of rotatable bonds is 3. The van der Waals surface area contributed by atoms with Crippen molar-refractivity contribution in [3.63, 3.8) is 0 Å². The van der Waals surface area contributed by atoms with Crippen LogP contribution in [0, 0.1) is 0 Å². The SMILES string of the molecule is CCn1ncc(Cl)c1C(=O)c1cc(N)cc(Br)c1. The lowest BCUT2D eigenvalue weighted by Crippen LogP contribution is -2.11. The van der Waals surface area contributed by atoms with E-state index >= 15 is 0 Å². The molecule has 18 heavy (non-hydrogen) atoms. The number of nitrogens with zero attached hydrogens (tertiary/aromatic N) is 2. The van der Waals surface area contributed by atoms with Crippen LogP contribution in [0.4, 0.5) is 5.69 Å². The van der Waals surface area contributed by atoms with Gasteiger partial charge in [0, 0.05) is 22.3 Å². The fourth-order valence-corrected chi connectivity index (χ4v) is 2.45. The highest BCUT2D eigenvalue weighted by Gasteiger charge is 2.19. The molecule has 0 saturated carbocycles. The first kappa shape index (κ1) is 13.1. The van der Waals surface area contributed by atoms with E-state index < -0.39 is 0 Å². The van der Waals surface area contributed by atoms with Crippen molar-refractivity contribution >= 4 is 39.0 Å². The molecule has 0 radical (unpaired) electrons. The van der Waals surface area contributed by atoms with Gasteiger partial charge in [-0.15, -0.1) is 0 Å². The predicted octanol–water partition coefficient (Wildman–Crippen LogP) is 3.13. The van der Waals surface area contributed by atoms with E-state index in [0.29, 0.717) is 28.5 Å². The summed E-state index contributed by atoms with van der Waals surface area (Å²) in [6.45, 7) is 2.48. The van der Waals surface area contributed by atoms with E-state index in [1.54, 1.807) is 22.9 Å². The van der Waals surface area contributed by atoms with Crippen molar-refractivity contribution in [1.82, 2.24) is 9.78 Å². The van der Waals surface area contributed by atoms with Crippen LogP contribution >= 0.6 is 27.5 Å². The molecule has 2 aromatic rings. The van der Waals surface area contributed by atoms with Gasteiger partial charge in [-0.3, -0.25) is 9.48 Å². The summed E-state index contributed by atoms with van der Waals surface area (Å²) in [5.41, 5.74) is 7.11. The molecule has 0 spiro atoms. The van der Waals surface area contributed by atoms with Gasteiger partial charge in [0.25, 0.3) is 0 Å². The summed E-state index contributed by atoms with van der Waals surface area (Å²) >= 11 is 9.31. The first-order chi connectivity index (χ1) is 8.52. The maximum atomic E-state index is 12.4. The minimum absolute atomic E-state index is 0.188. The van der Waals surface area contributed by atoms with Crippen LogP contribution in [0.15, 0.2) is 28.9 Å². The molecule has 94 valence electrons. The zero-order chi connectivity index (χ0) is 13.3. The van der Waals surface area contributed by atoms with E-state index in [2.05, 4.69) is 21.0 Å². The van der Waals surface area contributed by atoms with Crippen LogP contribution < -0.4 is 5.73 Å². The van der Waals surface area contributed by atoms with Crippen LogP contribution in [0.2, 0.25) is 5.02 Å². The van der Waals surface area contributed by atoms with Gasteiger partial charge in [-0.2, -0.15) is 5.10 Å². The standard InChI is InChI=1S/C12H11BrClN3O/c1-2-17-11(10(14)6-16-17)12(18)7-3-8(13)5-9(15)4-7/h3-6H,2,15H2,1H3. The Morgan fingerprint density at radius 3 is 2.83 bits per heavy atom. The zero-order valence-electron chi connectivity index (χ0n) is 9.65. The number of carbonyl (C=O) groups is 1. The lowest BCUT2D eigenvalue weighted by molar-refractivity contribution is 0.102. The molecule has 0 atom stereocenters. The molecule has 0 aliphatic heterocycles. The van der Waals surface area contributed by atoms with Crippen LogP contribution in [-0.4, -0.2) is 15.6 Å². The highest BCUT2D eigenvalue weighted by atomic mass is 79.9. The third kappa shape index (κ3) is 2.42. The second-order valence-electron chi connectivity index (χ2n) is 3.76. The van der Waals surface area contributed by atoms with Gasteiger partial charge in [0.2, 0.25) is 5.78 Å². The van der Waals surface area contributed by atoms with Gasteiger partial charge >= 0.3 is 0 Å². The molecule has 0 aliphatic rings. The van der Waals surface area contributed by atoms with Gasteiger partial charge < -0.3 is 5.73 Å². The molecule has 0 saturated heterocycles.